The molecule has 0 bridgehead atoms. The van der Waals surface area contributed by atoms with Crippen molar-refractivity contribution in [2.45, 2.75) is 0 Å². The maximum Gasteiger partial charge on any atom is 0.212 e. The summed E-state index contributed by atoms with van der Waals surface area (Å²) in [5, 5.41) is 18.3. The minimum Gasteiger partial charge on any atom is -0.454 e. The number of benzene rings is 13. The number of anilines is 3. The lowest BCUT2D eigenvalue weighted by atomic mass is 10.0. The minimum absolute atomic E-state index is 0.241. The van der Waals surface area contributed by atoms with Gasteiger partial charge in [0.25, 0.3) is 0 Å². The zero-order valence-electron chi connectivity index (χ0n) is 50.4. The quantitative estimate of drug-likeness (QED) is 0.0554. The summed E-state index contributed by atoms with van der Waals surface area (Å²) in [5.74, 6) is -0.525. The Kier molecular flexibility index (Phi) is 16.9. The number of nitrogens with two attached hydrogens (primary N) is 1. The molecule has 0 radical (unpaired) electrons. The first-order valence-electron chi connectivity index (χ1n) is 30.8. The van der Waals surface area contributed by atoms with E-state index in [2.05, 4.69) is 252 Å². The second-order valence-corrected chi connectivity index (χ2v) is 31.3. The Hall–Kier alpha value is -11.0. The van der Waals surface area contributed by atoms with Gasteiger partial charge in [0, 0.05) is 55.5 Å². The number of allylic oxidation sites excluding steroid dienone is 6. The van der Waals surface area contributed by atoms with E-state index in [-0.39, 0.29) is 11.6 Å². The third kappa shape index (κ3) is 11.6. The molecule has 0 amide bonds. The van der Waals surface area contributed by atoms with E-state index in [1.165, 1.54) is 53.6 Å². The normalized spacial score (nSPS) is 12.0. The van der Waals surface area contributed by atoms with E-state index in [1.807, 2.05) is 84.9 Å². The lowest BCUT2D eigenvalue weighted by Gasteiger charge is -2.34. The number of para-hydroxylation sites is 4. The van der Waals surface area contributed by atoms with Gasteiger partial charge < -0.3 is 19.9 Å². The smallest absolute Gasteiger partial charge is 0.212 e. The molecule has 0 unspecified atom stereocenters. The van der Waals surface area contributed by atoms with Crippen LogP contribution in [-0.2, 0) is 0 Å². The standard InChI is InChI=1S/C42H30FNOSi.C30H21BrFSi.C12H9NO/c43-31-25-28-39(44-40-21-12-20-37-36-19-10-11-22-41(36)45-42(37)40)38(29-31)30-23-26-35(27-24-30)46(32-13-4-1-5-14-32,33-15-6-2-7-16-33)34-17-8-3-9-18-34;31-30-21-18-24(32)22-29(30)23-16-19-28(20-17-23)33(25-10-4-1-5-11-25,26-12-6-2-7-13-26)27-14-8-3-9-15-27;13-10-6-3-5-9-8-4-1-2-7-11(8)14-12(9)10/h1-29,44H;1-2,4-22H;1-7H,13H2/q;+1;. The Labute approximate surface area is 549 Å². The van der Waals surface area contributed by atoms with Gasteiger partial charge in [-0.15, -0.1) is 0 Å². The summed E-state index contributed by atoms with van der Waals surface area (Å²) in [6, 6.07) is 109. The molecule has 3 N–H and O–H groups in total. The van der Waals surface area contributed by atoms with Crippen LogP contribution in [0.2, 0.25) is 0 Å². The molecule has 1 aliphatic rings. The van der Waals surface area contributed by atoms with E-state index in [0.717, 1.165) is 82.0 Å². The molecule has 2 aromatic heterocycles. The summed E-state index contributed by atoms with van der Waals surface area (Å²) in [5.41, 5.74) is 15.0. The molecule has 446 valence electrons. The average Bonchev–Trinajstić information content (AvgIpc) is 1.69. The topological polar surface area (TPSA) is 64.3 Å². The van der Waals surface area contributed by atoms with E-state index < -0.39 is 16.1 Å². The SMILES string of the molecule is Fc1ccc(Br)c(-c2ccc([Si](C3=CC=[C+]C=C3)(c3ccccc3)c3ccccc3)cc2)c1.Fc1ccc(Nc2cccc3c2oc2ccccc23)c(-c2ccc([Si](c3ccccc3)(c3ccccc3)c3ccccc3)cc2)c1.Nc1cccc2c1oc1ccccc12. The number of furan rings is 2. The van der Waals surface area contributed by atoms with Gasteiger partial charge in [-0.25, -0.2) is 8.78 Å². The van der Waals surface area contributed by atoms with Crippen molar-refractivity contribution in [1.82, 2.24) is 0 Å². The van der Waals surface area contributed by atoms with Crippen molar-refractivity contribution in [2.24, 2.45) is 0 Å². The molecule has 4 nitrogen and oxygen atoms in total. The van der Waals surface area contributed by atoms with Crippen LogP contribution >= 0.6 is 15.9 Å². The van der Waals surface area contributed by atoms with Crippen LogP contribution in [0.3, 0.4) is 0 Å². The summed E-state index contributed by atoms with van der Waals surface area (Å²) < 4.78 is 41.6. The fraction of sp³-hybridized carbons (Fsp3) is 0. The predicted octanol–water partition coefficient (Wildman–Crippen LogP) is 17.8. The third-order valence-corrected chi connectivity index (χ3v) is 27.7. The molecule has 16 rings (SSSR count). The van der Waals surface area contributed by atoms with Gasteiger partial charge in [-0.1, -0.05) is 277 Å². The van der Waals surface area contributed by atoms with E-state index in [1.54, 1.807) is 24.3 Å². The van der Waals surface area contributed by atoms with Gasteiger partial charge in [0.2, 0.25) is 8.07 Å². The van der Waals surface area contributed by atoms with E-state index in [9.17, 15) is 8.78 Å². The van der Waals surface area contributed by atoms with Crippen molar-refractivity contribution in [1.29, 1.82) is 0 Å². The number of nitrogens with one attached hydrogen (secondary N) is 1. The van der Waals surface area contributed by atoms with E-state index in [4.69, 9.17) is 14.6 Å². The Morgan fingerprint density at radius 3 is 1.29 bits per heavy atom. The highest BCUT2D eigenvalue weighted by Crippen LogP contribution is 2.38. The minimum atomic E-state index is -2.66. The molecule has 0 saturated carbocycles. The molecule has 13 aromatic carbocycles. The molecule has 15 aromatic rings. The van der Waals surface area contributed by atoms with Crippen LogP contribution in [0.1, 0.15) is 0 Å². The summed E-state index contributed by atoms with van der Waals surface area (Å²) in [7, 11) is -5.21. The molecule has 0 aliphatic heterocycles. The molecule has 0 saturated heterocycles. The number of hydrogen-bond donors (Lipinski definition) is 2. The highest BCUT2D eigenvalue weighted by atomic mass is 79.9. The van der Waals surface area contributed by atoms with Gasteiger partial charge in [0.15, 0.2) is 19.2 Å². The summed E-state index contributed by atoms with van der Waals surface area (Å²) in [4.78, 5) is 0. The van der Waals surface area contributed by atoms with Crippen molar-refractivity contribution < 1.29 is 17.6 Å². The molecule has 0 spiro atoms. The lowest BCUT2D eigenvalue weighted by Crippen LogP contribution is -2.74. The fourth-order valence-electron chi connectivity index (χ4n) is 13.2. The number of hydrogen-bond acceptors (Lipinski definition) is 4. The Morgan fingerprint density at radius 2 is 0.774 bits per heavy atom. The average molecular weight is 1300 g/mol. The van der Waals surface area contributed by atoms with Crippen LogP contribution in [0.25, 0.3) is 66.1 Å². The molecule has 0 fully saturated rings. The van der Waals surface area contributed by atoms with Crippen molar-refractivity contribution in [3.05, 3.63) is 373 Å². The summed E-state index contributed by atoms with van der Waals surface area (Å²) in [6.45, 7) is 0. The van der Waals surface area contributed by atoms with Crippen molar-refractivity contribution in [3.63, 3.8) is 0 Å². The van der Waals surface area contributed by atoms with E-state index >= 15 is 0 Å². The zero-order valence-corrected chi connectivity index (χ0v) is 54.0. The zero-order chi connectivity index (χ0) is 63.1. The van der Waals surface area contributed by atoms with Crippen LogP contribution in [0, 0.1) is 17.7 Å². The fourth-order valence-corrected chi connectivity index (χ4v) is 23.2. The number of nitrogen functional groups attached to an aromatic ring is 1. The second-order valence-electron chi connectivity index (χ2n) is 22.8. The third-order valence-electron chi connectivity index (χ3n) is 17.5. The first kappa shape index (κ1) is 59.6. The van der Waals surface area contributed by atoms with Crippen molar-refractivity contribution in [2.75, 3.05) is 11.1 Å². The Balaban J connectivity index is 0.000000138. The molecule has 93 heavy (non-hydrogen) atoms. The van der Waals surface area contributed by atoms with Gasteiger partial charge in [0.1, 0.15) is 35.0 Å². The summed E-state index contributed by atoms with van der Waals surface area (Å²) >= 11 is 3.57. The van der Waals surface area contributed by atoms with Gasteiger partial charge in [0.05, 0.1) is 16.6 Å². The monoisotopic (exact) mass is 1300 g/mol. The highest BCUT2D eigenvalue weighted by Gasteiger charge is 2.46. The van der Waals surface area contributed by atoms with Crippen LogP contribution in [0.15, 0.2) is 364 Å². The largest absolute Gasteiger partial charge is 0.454 e. The molecule has 9 heteroatoms. The molecule has 0 atom stereocenters. The first-order chi connectivity index (χ1) is 45.8. The van der Waals surface area contributed by atoms with Crippen LogP contribution < -0.4 is 47.4 Å². The second kappa shape index (κ2) is 26.4. The molecule has 1 aliphatic carbocycles. The molecular weight excluding hydrogens is 1240 g/mol. The molecular formula is C84H60BrF2N2O2Si2+. The first-order valence-corrected chi connectivity index (χ1v) is 35.6. The van der Waals surface area contributed by atoms with Crippen molar-refractivity contribution >= 4 is 129 Å². The van der Waals surface area contributed by atoms with Gasteiger partial charge in [-0.05, 0) is 114 Å². The van der Waals surface area contributed by atoms with Gasteiger partial charge in [-0.3, -0.25) is 0 Å². The van der Waals surface area contributed by atoms with Crippen LogP contribution in [0.5, 0.6) is 0 Å². The van der Waals surface area contributed by atoms with Crippen LogP contribution in [0.4, 0.5) is 25.8 Å². The maximum atomic E-state index is 14.9. The van der Waals surface area contributed by atoms with Crippen LogP contribution in [-0.4, -0.2) is 16.1 Å². The Bertz CT molecular complexity index is 5080. The van der Waals surface area contributed by atoms with Gasteiger partial charge >= 0.3 is 0 Å². The lowest BCUT2D eigenvalue weighted by molar-refractivity contribution is 0.628. The maximum absolute atomic E-state index is 14.9. The van der Waals surface area contributed by atoms with E-state index in [0.29, 0.717) is 5.69 Å². The van der Waals surface area contributed by atoms with Crippen molar-refractivity contribution in [3.8, 4) is 22.3 Å². The molecule has 2 heterocycles. The summed E-state index contributed by atoms with van der Waals surface area (Å²) in [6.07, 6.45) is 11.6. The number of halogens is 3. The number of rotatable bonds is 12. The highest BCUT2D eigenvalue weighted by molar-refractivity contribution is 9.10. The predicted molar refractivity (Wildman–Crippen MR) is 393 cm³/mol. The Morgan fingerprint density at radius 1 is 0.366 bits per heavy atom. The van der Waals surface area contributed by atoms with Gasteiger partial charge in [-0.2, -0.15) is 0 Å². The number of fused-ring (bicyclic) bond motifs is 6.